The fourth-order valence-corrected chi connectivity index (χ4v) is 0.945. The molecule has 1 rings (SSSR count). The second-order valence-electron chi connectivity index (χ2n) is 2.71. The van der Waals surface area contributed by atoms with Crippen LogP contribution >= 0.6 is 0 Å². The molecule has 4 N–H and O–H groups in total. The zero-order valence-electron chi connectivity index (χ0n) is 7.10. The number of nitrogen functional groups attached to an aromatic ring is 1. The van der Waals surface area contributed by atoms with E-state index in [1.54, 1.807) is 6.92 Å². The van der Waals surface area contributed by atoms with Crippen molar-refractivity contribution in [2.24, 2.45) is 5.73 Å². The van der Waals surface area contributed by atoms with E-state index >= 15 is 0 Å². The van der Waals surface area contributed by atoms with Crippen molar-refractivity contribution in [2.75, 3.05) is 5.73 Å². The number of nitro groups is 1. The third-order valence-corrected chi connectivity index (χ3v) is 1.64. The van der Waals surface area contributed by atoms with Crippen LogP contribution in [0.2, 0.25) is 0 Å². The molecule has 0 aliphatic rings. The summed E-state index contributed by atoms with van der Waals surface area (Å²) >= 11 is 0. The average molecular weight is 182 g/mol. The Morgan fingerprint density at radius 1 is 1.69 bits per heavy atom. The first-order chi connectivity index (χ1) is 6.02. The number of nitrogens with two attached hydrogens (primary N) is 2. The molecule has 0 spiro atoms. The van der Waals surface area contributed by atoms with Gasteiger partial charge in [0.1, 0.15) is 12.0 Å². The quantitative estimate of drug-likeness (QED) is 0.514. The molecule has 0 aromatic carbocycles. The monoisotopic (exact) mass is 182 g/mol. The standard InChI is InChI=1S/C7H10N4O2/c1-4(8)6-2-5(11(12)13)3-10-7(6)9/h2-4H,8H2,1H3,(H2,9,10). The normalized spacial score (nSPS) is 12.5. The zero-order valence-corrected chi connectivity index (χ0v) is 7.10. The fraction of sp³-hybridized carbons (Fsp3) is 0.286. The predicted molar refractivity (Wildman–Crippen MR) is 47.9 cm³/mol. The Morgan fingerprint density at radius 3 is 2.77 bits per heavy atom. The SMILES string of the molecule is CC(N)c1cc([N+](=O)[O-])cnc1N. The van der Waals surface area contributed by atoms with Gasteiger partial charge < -0.3 is 11.5 Å². The molecule has 0 amide bonds. The molecule has 6 nitrogen and oxygen atoms in total. The number of rotatable bonds is 2. The molecule has 70 valence electrons. The van der Waals surface area contributed by atoms with E-state index in [0.29, 0.717) is 5.56 Å². The van der Waals surface area contributed by atoms with Crippen LogP contribution in [0.15, 0.2) is 12.3 Å². The molecule has 13 heavy (non-hydrogen) atoms. The van der Waals surface area contributed by atoms with Gasteiger partial charge in [-0.25, -0.2) is 4.98 Å². The van der Waals surface area contributed by atoms with Crippen LogP contribution in [0.4, 0.5) is 11.5 Å². The molecule has 6 heteroatoms. The minimum atomic E-state index is -0.529. The second kappa shape index (κ2) is 3.36. The van der Waals surface area contributed by atoms with Crippen molar-refractivity contribution in [3.8, 4) is 0 Å². The average Bonchev–Trinajstić information content (AvgIpc) is 2.04. The van der Waals surface area contributed by atoms with Gasteiger partial charge in [0.25, 0.3) is 5.69 Å². The molecular formula is C7H10N4O2. The largest absolute Gasteiger partial charge is 0.383 e. The molecule has 0 radical (unpaired) electrons. The van der Waals surface area contributed by atoms with Crippen LogP contribution in [0.5, 0.6) is 0 Å². The number of anilines is 1. The third kappa shape index (κ3) is 1.91. The van der Waals surface area contributed by atoms with Gasteiger partial charge in [-0.15, -0.1) is 0 Å². The van der Waals surface area contributed by atoms with Crippen LogP contribution in [0.25, 0.3) is 0 Å². The van der Waals surface area contributed by atoms with Gasteiger partial charge in [0, 0.05) is 17.7 Å². The highest BCUT2D eigenvalue weighted by molar-refractivity contribution is 5.46. The molecule has 1 heterocycles. The van der Waals surface area contributed by atoms with Gasteiger partial charge in [-0.2, -0.15) is 0 Å². The van der Waals surface area contributed by atoms with Gasteiger partial charge in [-0.3, -0.25) is 10.1 Å². The van der Waals surface area contributed by atoms with Crippen molar-refractivity contribution < 1.29 is 4.92 Å². The maximum atomic E-state index is 10.4. The van der Waals surface area contributed by atoms with E-state index in [9.17, 15) is 10.1 Å². The van der Waals surface area contributed by atoms with E-state index in [2.05, 4.69) is 4.98 Å². The minimum Gasteiger partial charge on any atom is -0.383 e. The van der Waals surface area contributed by atoms with E-state index in [4.69, 9.17) is 11.5 Å². The van der Waals surface area contributed by atoms with E-state index in [0.717, 1.165) is 6.20 Å². The van der Waals surface area contributed by atoms with Crippen LogP contribution in [0.3, 0.4) is 0 Å². The molecule has 1 aromatic rings. The van der Waals surface area contributed by atoms with Crippen molar-refractivity contribution >= 4 is 11.5 Å². The molecule has 1 unspecified atom stereocenters. The zero-order chi connectivity index (χ0) is 10.0. The summed E-state index contributed by atoms with van der Waals surface area (Å²) in [6.45, 7) is 1.69. The number of hydrogen-bond acceptors (Lipinski definition) is 5. The summed E-state index contributed by atoms with van der Waals surface area (Å²) in [5.41, 5.74) is 11.4. The highest BCUT2D eigenvalue weighted by atomic mass is 16.6. The first-order valence-corrected chi connectivity index (χ1v) is 3.67. The first kappa shape index (κ1) is 9.40. The van der Waals surface area contributed by atoms with Gasteiger partial charge in [0.2, 0.25) is 0 Å². The Kier molecular flexibility index (Phi) is 2.43. The lowest BCUT2D eigenvalue weighted by atomic mass is 10.1. The highest BCUT2D eigenvalue weighted by Gasteiger charge is 2.12. The van der Waals surface area contributed by atoms with E-state index in [1.165, 1.54) is 6.07 Å². The summed E-state index contributed by atoms with van der Waals surface area (Å²) in [5, 5.41) is 10.4. The lowest BCUT2D eigenvalue weighted by Crippen LogP contribution is -2.10. The molecular weight excluding hydrogens is 172 g/mol. The predicted octanol–water partition coefficient (Wildman–Crippen LogP) is 0.592. The van der Waals surface area contributed by atoms with Gasteiger partial charge in [0.05, 0.1) is 4.92 Å². The van der Waals surface area contributed by atoms with Gasteiger partial charge in [-0.05, 0) is 6.92 Å². The molecule has 0 aliphatic heterocycles. The summed E-state index contributed by atoms with van der Waals surface area (Å²) in [7, 11) is 0. The molecule has 0 aliphatic carbocycles. The van der Waals surface area contributed by atoms with E-state index in [1.807, 2.05) is 0 Å². The van der Waals surface area contributed by atoms with Gasteiger partial charge in [-0.1, -0.05) is 0 Å². The maximum Gasteiger partial charge on any atom is 0.288 e. The molecule has 0 bridgehead atoms. The lowest BCUT2D eigenvalue weighted by molar-refractivity contribution is -0.385. The second-order valence-corrected chi connectivity index (χ2v) is 2.71. The summed E-state index contributed by atoms with van der Waals surface area (Å²) in [5.74, 6) is 0.237. The van der Waals surface area contributed by atoms with E-state index in [-0.39, 0.29) is 17.5 Å². The first-order valence-electron chi connectivity index (χ1n) is 3.67. The van der Waals surface area contributed by atoms with Crippen molar-refractivity contribution in [3.05, 3.63) is 27.9 Å². The van der Waals surface area contributed by atoms with Crippen LogP contribution < -0.4 is 11.5 Å². The maximum absolute atomic E-state index is 10.4. The van der Waals surface area contributed by atoms with Crippen LogP contribution in [-0.4, -0.2) is 9.91 Å². The summed E-state index contributed by atoms with van der Waals surface area (Å²) < 4.78 is 0. The molecule has 1 atom stereocenters. The van der Waals surface area contributed by atoms with Crippen molar-refractivity contribution in [3.63, 3.8) is 0 Å². The van der Waals surface area contributed by atoms with Crippen LogP contribution in [-0.2, 0) is 0 Å². The Balaban J connectivity index is 3.19. The topological polar surface area (TPSA) is 108 Å². The minimum absolute atomic E-state index is 0.0958. The molecule has 0 saturated carbocycles. The van der Waals surface area contributed by atoms with E-state index < -0.39 is 4.92 Å². The smallest absolute Gasteiger partial charge is 0.288 e. The lowest BCUT2D eigenvalue weighted by Gasteiger charge is -2.06. The van der Waals surface area contributed by atoms with Crippen LogP contribution in [0.1, 0.15) is 18.5 Å². The Labute approximate surface area is 74.7 Å². The number of hydrogen-bond donors (Lipinski definition) is 2. The number of aromatic nitrogens is 1. The highest BCUT2D eigenvalue weighted by Crippen LogP contribution is 2.20. The third-order valence-electron chi connectivity index (χ3n) is 1.64. The Bertz CT molecular complexity index is 337. The Morgan fingerprint density at radius 2 is 2.31 bits per heavy atom. The summed E-state index contributed by atoms with van der Waals surface area (Å²) in [4.78, 5) is 13.5. The van der Waals surface area contributed by atoms with Crippen molar-refractivity contribution in [2.45, 2.75) is 13.0 Å². The van der Waals surface area contributed by atoms with Crippen LogP contribution in [0, 0.1) is 10.1 Å². The van der Waals surface area contributed by atoms with Crippen molar-refractivity contribution in [1.82, 2.24) is 4.98 Å². The number of nitrogens with zero attached hydrogens (tertiary/aromatic N) is 2. The summed E-state index contributed by atoms with van der Waals surface area (Å²) in [6.07, 6.45) is 1.11. The molecule has 0 saturated heterocycles. The van der Waals surface area contributed by atoms with Gasteiger partial charge in [0.15, 0.2) is 0 Å². The summed E-state index contributed by atoms with van der Waals surface area (Å²) in [6, 6.07) is 0.986. The number of pyridine rings is 1. The fourth-order valence-electron chi connectivity index (χ4n) is 0.945. The Hall–Kier alpha value is -1.69. The molecule has 1 aromatic heterocycles. The van der Waals surface area contributed by atoms with Gasteiger partial charge >= 0.3 is 0 Å². The molecule has 0 fully saturated rings. The van der Waals surface area contributed by atoms with Crippen molar-refractivity contribution in [1.29, 1.82) is 0 Å².